The van der Waals surface area contributed by atoms with E-state index in [9.17, 15) is 45.0 Å². The van der Waals surface area contributed by atoms with Gasteiger partial charge in [-0.05, 0) is 51.2 Å². The van der Waals surface area contributed by atoms with Gasteiger partial charge in [0.05, 0.1) is 17.2 Å². The van der Waals surface area contributed by atoms with Crippen LogP contribution >= 0.6 is 23.2 Å². The van der Waals surface area contributed by atoms with Gasteiger partial charge >= 0.3 is 0 Å². The molecule has 48 heavy (non-hydrogen) atoms. The molecule has 0 heterocycles. The van der Waals surface area contributed by atoms with Crippen LogP contribution in [0, 0.1) is 11.8 Å². The van der Waals surface area contributed by atoms with Gasteiger partial charge in [0.25, 0.3) is 5.91 Å². The zero-order chi connectivity index (χ0) is 35.3. The summed E-state index contributed by atoms with van der Waals surface area (Å²) in [5.41, 5.74) is -5.85. The van der Waals surface area contributed by atoms with Crippen LogP contribution in [0.5, 0.6) is 11.5 Å². The first-order chi connectivity index (χ1) is 22.6. The maximum atomic E-state index is 14.4. The highest BCUT2D eigenvalue weighted by Crippen LogP contribution is 2.57. The molecule has 0 saturated heterocycles. The van der Waals surface area contributed by atoms with E-state index in [1.165, 1.54) is 68.4 Å². The van der Waals surface area contributed by atoms with Gasteiger partial charge in [0, 0.05) is 47.8 Å². The van der Waals surface area contributed by atoms with Crippen molar-refractivity contribution >= 4 is 46.4 Å². The number of hydrogen-bond acceptors (Lipinski definition) is 12. The highest BCUT2D eigenvalue weighted by Gasteiger charge is 2.66. The van der Waals surface area contributed by atoms with Crippen LogP contribution in [0.25, 0.3) is 5.76 Å². The fourth-order valence-electron chi connectivity index (χ4n) is 7.32. The number of halogens is 2. The molecule has 258 valence electrons. The molecule has 3 aliphatic rings. The third-order valence-electron chi connectivity index (χ3n) is 9.57. The monoisotopic (exact) mass is 704 g/mol. The lowest BCUT2D eigenvalue weighted by atomic mass is 9.54. The van der Waals surface area contributed by atoms with Gasteiger partial charge in [-0.2, -0.15) is 0 Å². The Balaban J connectivity index is 1.69. The molecular weight excluding hydrogens is 667 g/mol. The molecule has 13 nitrogen and oxygen atoms in total. The third-order valence-corrected chi connectivity index (χ3v) is 9.95. The summed E-state index contributed by atoms with van der Waals surface area (Å²) in [5.74, 6) is -9.78. The molecule has 2 aromatic rings. The number of phenols is 2. The van der Waals surface area contributed by atoms with Crippen molar-refractivity contribution in [1.29, 1.82) is 0 Å². The number of likely N-dealkylation sites (N-methyl/N-ethyl adjacent to an activating group) is 1. The molecule has 2 aromatic carbocycles. The Bertz CT molecular complexity index is 1700. The molecule has 0 spiro atoms. The van der Waals surface area contributed by atoms with E-state index in [0.29, 0.717) is 5.56 Å². The number of ketones is 2. The van der Waals surface area contributed by atoms with Crippen LogP contribution in [0.3, 0.4) is 0 Å². The number of alkyl halides is 2. The predicted octanol–water partition coefficient (Wildman–Crippen LogP) is 1.43. The average Bonchev–Trinajstić information content (AvgIpc) is 3.03. The van der Waals surface area contributed by atoms with Crippen molar-refractivity contribution in [3.05, 3.63) is 76.1 Å². The number of carbonyl (C=O) groups excluding carboxylic acids is 3. The van der Waals surface area contributed by atoms with Gasteiger partial charge < -0.3 is 36.0 Å². The first kappa shape index (κ1) is 35.6. The lowest BCUT2D eigenvalue weighted by Crippen LogP contribution is -2.69. The molecular formula is C33H38Cl2N4O9. The van der Waals surface area contributed by atoms with Crippen molar-refractivity contribution in [2.75, 3.05) is 38.9 Å². The molecule has 9 N–H and O–H groups in total. The van der Waals surface area contributed by atoms with Gasteiger partial charge in [0.15, 0.2) is 17.2 Å². The third kappa shape index (κ3) is 5.43. The number of nitrogens with one attached hydrogen (secondary N) is 3. The summed E-state index contributed by atoms with van der Waals surface area (Å²) in [6.07, 6.45) is -0.275. The van der Waals surface area contributed by atoms with E-state index in [2.05, 4.69) is 16.0 Å². The molecule has 0 aliphatic heterocycles. The van der Waals surface area contributed by atoms with Gasteiger partial charge in [-0.3, -0.25) is 29.9 Å². The van der Waals surface area contributed by atoms with Crippen molar-refractivity contribution in [2.45, 2.75) is 36.4 Å². The van der Waals surface area contributed by atoms with Gasteiger partial charge in [0.1, 0.15) is 28.6 Å². The number of hydrogen-bond donors (Lipinski definition) is 9. The molecule has 5 atom stereocenters. The lowest BCUT2D eigenvalue weighted by molar-refractivity contribution is -0.159. The highest BCUT2D eigenvalue weighted by molar-refractivity contribution is 6.25. The first-order valence-corrected chi connectivity index (χ1v) is 16.3. The maximum Gasteiger partial charge on any atom is 0.261 e. The summed E-state index contributed by atoms with van der Waals surface area (Å²) in [6.45, 7) is 1.63. The van der Waals surface area contributed by atoms with Gasteiger partial charge in [-0.1, -0.05) is 24.3 Å². The number of aliphatic hydroxyl groups is 4. The van der Waals surface area contributed by atoms with Crippen LogP contribution in [0.4, 0.5) is 0 Å². The number of benzene rings is 2. The quantitative estimate of drug-likeness (QED) is 0.0977. The summed E-state index contributed by atoms with van der Waals surface area (Å²) in [4.78, 5) is 44.3. The van der Waals surface area contributed by atoms with E-state index >= 15 is 0 Å². The predicted molar refractivity (Wildman–Crippen MR) is 176 cm³/mol. The van der Waals surface area contributed by atoms with Crippen LogP contribution in [-0.2, 0) is 25.8 Å². The van der Waals surface area contributed by atoms with Crippen LogP contribution in [0.15, 0.2) is 59.4 Å². The Morgan fingerprint density at radius 1 is 0.979 bits per heavy atom. The molecule has 1 amide bonds. The molecule has 0 unspecified atom stereocenters. The first-order valence-electron chi connectivity index (χ1n) is 15.2. The van der Waals surface area contributed by atoms with Gasteiger partial charge in [-0.15, -0.1) is 23.2 Å². The number of nitrogens with zero attached hydrogens (tertiary/aromatic N) is 1. The van der Waals surface area contributed by atoms with E-state index in [1.807, 2.05) is 0 Å². The second kappa shape index (κ2) is 13.0. The summed E-state index contributed by atoms with van der Waals surface area (Å²) < 4.78 is 0. The van der Waals surface area contributed by atoms with E-state index in [1.54, 1.807) is 0 Å². The maximum absolute atomic E-state index is 14.4. The summed E-state index contributed by atoms with van der Waals surface area (Å²) in [6, 6.07) is 8.57. The molecule has 3 aliphatic carbocycles. The molecule has 1 fully saturated rings. The van der Waals surface area contributed by atoms with E-state index in [0.717, 1.165) is 0 Å². The topological polar surface area (TPSA) is 212 Å². The minimum absolute atomic E-state index is 0.0668. The van der Waals surface area contributed by atoms with Crippen molar-refractivity contribution < 1.29 is 45.0 Å². The lowest BCUT2D eigenvalue weighted by Gasteiger charge is -2.53. The van der Waals surface area contributed by atoms with E-state index in [-0.39, 0.29) is 48.1 Å². The van der Waals surface area contributed by atoms with Crippen molar-refractivity contribution in [2.24, 2.45) is 11.8 Å². The molecule has 5 rings (SSSR count). The van der Waals surface area contributed by atoms with Crippen molar-refractivity contribution in [3.8, 4) is 11.5 Å². The molecule has 1 saturated carbocycles. The fourth-order valence-corrected chi connectivity index (χ4v) is 7.51. The van der Waals surface area contributed by atoms with Crippen LogP contribution < -0.4 is 16.0 Å². The van der Waals surface area contributed by atoms with E-state index < -0.39 is 80.8 Å². The molecule has 0 radical (unpaired) electrons. The highest BCUT2D eigenvalue weighted by atomic mass is 35.5. The fraction of sp³-hybridized carbons (Fsp3) is 0.424. The van der Waals surface area contributed by atoms with Crippen LogP contribution in [0.2, 0.25) is 0 Å². The smallest absolute Gasteiger partial charge is 0.261 e. The molecule has 0 aromatic heterocycles. The number of amides is 1. The Morgan fingerprint density at radius 3 is 2.15 bits per heavy atom. The van der Waals surface area contributed by atoms with Crippen LogP contribution in [-0.4, -0.2) is 104 Å². The van der Waals surface area contributed by atoms with Gasteiger partial charge in [0.2, 0.25) is 5.78 Å². The minimum atomic E-state index is -2.90. The second-order valence-electron chi connectivity index (χ2n) is 12.6. The zero-order valence-corrected chi connectivity index (χ0v) is 27.9. The number of Topliss-reactive ketones (excluding diaryl/α,β-unsaturated/α-hetero) is 2. The second-order valence-corrected chi connectivity index (χ2v) is 13.3. The van der Waals surface area contributed by atoms with Crippen LogP contribution in [0.1, 0.15) is 30.0 Å². The largest absolute Gasteiger partial charge is 0.508 e. The van der Waals surface area contributed by atoms with Crippen molar-refractivity contribution in [1.82, 2.24) is 20.9 Å². The average molecular weight is 706 g/mol. The summed E-state index contributed by atoms with van der Waals surface area (Å²) >= 11 is 11.9. The Kier molecular flexibility index (Phi) is 9.62. The molecule has 0 bridgehead atoms. The van der Waals surface area contributed by atoms with Gasteiger partial charge in [-0.25, -0.2) is 0 Å². The number of phenolic OH excluding ortho intramolecular Hbond substituents is 2. The Labute approximate surface area is 286 Å². The summed E-state index contributed by atoms with van der Waals surface area (Å²) in [7, 11) is 3.01. The number of carbonyl (C=O) groups is 3. The SMILES string of the molecule is CN(C)[C@@H]1C(=O)C(C(=O)NC(NCCCl)(NCCCl)c2ccc(O)cc2)=C(O)[C@@]2(O)C(=O)C3=C(O)c4c(O)cccc4[C@](C)(O)[C@H]3C[C@@H]12. The number of rotatable bonds is 10. The number of fused-ring (bicyclic) bond motifs is 3. The standard InChI is InChI=1S/C33H38Cl2N4O9/c1-31(47)18-5-4-6-21(41)22(18)26(42)23-19(31)15-20-25(39(2)3)27(43)24(29(45)32(20,48)28(23)44)30(46)38-33(36-13-11-34,37-14-12-35)16-7-9-17(40)10-8-16/h4-10,19-20,25,36-37,40-42,45,47-48H,11-15H2,1-3H3,(H,38,46)/t19-,20-,25-,31-,32-/m0/s1. The Hall–Kier alpha value is -3.69. The van der Waals surface area contributed by atoms with Crippen molar-refractivity contribution in [3.63, 3.8) is 0 Å². The molecule has 15 heteroatoms. The Morgan fingerprint density at radius 2 is 1.58 bits per heavy atom. The normalized spacial score (nSPS) is 27.1. The number of aromatic hydroxyl groups is 2. The minimum Gasteiger partial charge on any atom is -0.508 e. The zero-order valence-electron chi connectivity index (χ0n) is 26.4. The number of aliphatic hydroxyl groups excluding tert-OH is 2. The summed E-state index contributed by atoms with van der Waals surface area (Å²) in [5, 5.41) is 76.4. The van der Waals surface area contributed by atoms with E-state index in [4.69, 9.17) is 23.2 Å².